The average molecular weight is 375 g/mol. The molecule has 0 atom stereocenters. The van der Waals surface area contributed by atoms with E-state index in [-0.39, 0.29) is 5.91 Å². The molecule has 3 heterocycles. The van der Waals surface area contributed by atoms with Crippen LogP contribution in [0.3, 0.4) is 0 Å². The van der Waals surface area contributed by atoms with Crippen molar-refractivity contribution in [2.24, 2.45) is 0 Å². The number of H-pyrrole nitrogens is 2. The van der Waals surface area contributed by atoms with Crippen molar-refractivity contribution in [3.05, 3.63) is 65.0 Å². The minimum Gasteiger partial charge on any atom is -0.334 e. The molecule has 0 saturated heterocycles. The molecule has 8 heteroatoms. The molecule has 3 aromatic heterocycles. The number of hydrogen-bond donors (Lipinski definition) is 2. The van der Waals surface area contributed by atoms with Crippen LogP contribution in [0, 0.1) is 0 Å². The van der Waals surface area contributed by atoms with Crippen LogP contribution in [-0.4, -0.2) is 47.8 Å². The van der Waals surface area contributed by atoms with Crippen LogP contribution < -0.4 is 0 Å². The SMILES string of the molecule is CN(Cc1n[nH]c2c1CCC2)C(=O)c1cc(Cn2cnc3ccccc32)[nH]n1. The van der Waals surface area contributed by atoms with Crippen molar-refractivity contribution in [3.8, 4) is 0 Å². The van der Waals surface area contributed by atoms with E-state index in [1.807, 2.05) is 34.9 Å². The Labute approximate surface area is 161 Å². The monoisotopic (exact) mass is 375 g/mol. The highest BCUT2D eigenvalue weighted by Crippen LogP contribution is 2.23. The van der Waals surface area contributed by atoms with Crippen LogP contribution in [-0.2, 0) is 25.9 Å². The van der Waals surface area contributed by atoms with Crippen molar-refractivity contribution in [2.45, 2.75) is 32.4 Å². The smallest absolute Gasteiger partial charge is 0.274 e. The molecule has 1 amide bonds. The summed E-state index contributed by atoms with van der Waals surface area (Å²) < 4.78 is 2.04. The van der Waals surface area contributed by atoms with Gasteiger partial charge in [-0.25, -0.2) is 4.98 Å². The molecule has 0 unspecified atom stereocenters. The van der Waals surface area contributed by atoms with Crippen molar-refractivity contribution >= 4 is 16.9 Å². The van der Waals surface area contributed by atoms with E-state index in [1.165, 1.54) is 11.3 Å². The van der Waals surface area contributed by atoms with Crippen LogP contribution in [0.15, 0.2) is 36.7 Å². The zero-order chi connectivity index (χ0) is 19.1. The number of hydrogen-bond acceptors (Lipinski definition) is 4. The number of aromatic amines is 2. The zero-order valence-corrected chi connectivity index (χ0v) is 15.6. The van der Waals surface area contributed by atoms with Crippen molar-refractivity contribution in [3.63, 3.8) is 0 Å². The van der Waals surface area contributed by atoms with Gasteiger partial charge >= 0.3 is 0 Å². The number of fused-ring (bicyclic) bond motifs is 2. The number of aromatic nitrogens is 6. The molecule has 0 saturated carbocycles. The van der Waals surface area contributed by atoms with Crippen molar-refractivity contribution in [1.29, 1.82) is 0 Å². The molecule has 4 aromatic rings. The Morgan fingerprint density at radius 3 is 3.04 bits per heavy atom. The number of imidazole rings is 1. The summed E-state index contributed by atoms with van der Waals surface area (Å²) in [6.07, 6.45) is 5.04. The summed E-state index contributed by atoms with van der Waals surface area (Å²) in [7, 11) is 1.79. The molecule has 0 bridgehead atoms. The number of nitrogens with zero attached hydrogens (tertiary/aromatic N) is 5. The Kier molecular flexibility index (Phi) is 3.96. The van der Waals surface area contributed by atoms with Gasteiger partial charge in [-0.1, -0.05) is 12.1 Å². The normalized spacial score (nSPS) is 13.2. The number of nitrogens with one attached hydrogen (secondary N) is 2. The topological polar surface area (TPSA) is 95.5 Å². The first-order valence-electron chi connectivity index (χ1n) is 9.43. The standard InChI is InChI=1S/C20H21N7O/c1-26(11-18-14-5-4-7-15(14)23-25-18)20(28)17-9-13(22-24-17)10-27-12-21-16-6-2-3-8-19(16)27/h2-3,6,8-9,12H,4-5,7,10-11H2,1H3,(H,22,24)(H,23,25). The van der Waals surface area contributed by atoms with Gasteiger partial charge in [-0.3, -0.25) is 15.0 Å². The molecule has 1 aromatic carbocycles. The number of carbonyl (C=O) groups excluding carboxylic acids is 1. The average Bonchev–Trinajstić information content (AvgIpc) is 3.47. The predicted molar refractivity (Wildman–Crippen MR) is 104 cm³/mol. The van der Waals surface area contributed by atoms with Gasteiger partial charge in [0.15, 0.2) is 0 Å². The van der Waals surface area contributed by atoms with Gasteiger partial charge in [0.05, 0.1) is 41.8 Å². The molecule has 28 heavy (non-hydrogen) atoms. The number of aryl methyl sites for hydroxylation is 1. The summed E-state index contributed by atoms with van der Waals surface area (Å²) in [6.45, 7) is 1.07. The van der Waals surface area contributed by atoms with E-state index in [9.17, 15) is 4.79 Å². The Morgan fingerprint density at radius 2 is 2.11 bits per heavy atom. The largest absolute Gasteiger partial charge is 0.334 e. The fraction of sp³-hybridized carbons (Fsp3) is 0.300. The molecule has 0 fully saturated rings. The number of carbonyl (C=O) groups is 1. The van der Waals surface area contributed by atoms with E-state index in [2.05, 4.69) is 25.4 Å². The first kappa shape index (κ1) is 16.7. The first-order valence-corrected chi connectivity index (χ1v) is 9.43. The van der Waals surface area contributed by atoms with Crippen LogP contribution in [0.25, 0.3) is 11.0 Å². The van der Waals surface area contributed by atoms with Crippen molar-refractivity contribution < 1.29 is 4.79 Å². The summed E-state index contributed by atoms with van der Waals surface area (Å²) in [5.41, 5.74) is 6.72. The summed E-state index contributed by atoms with van der Waals surface area (Å²) in [6, 6.07) is 9.78. The molecule has 1 aliphatic carbocycles. The fourth-order valence-electron chi connectivity index (χ4n) is 3.88. The Hall–Kier alpha value is -3.42. The molecule has 142 valence electrons. The van der Waals surface area contributed by atoms with Gasteiger partial charge in [-0.2, -0.15) is 10.2 Å². The highest BCUT2D eigenvalue weighted by Gasteiger charge is 2.22. The van der Waals surface area contributed by atoms with Gasteiger partial charge < -0.3 is 9.47 Å². The van der Waals surface area contributed by atoms with Gasteiger partial charge in [0.25, 0.3) is 5.91 Å². The highest BCUT2D eigenvalue weighted by atomic mass is 16.2. The van der Waals surface area contributed by atoms with Gasteiger partial charge in [0, 0.05) is 12.7 Å². The number of amides is 1. The highest BCUT2D eigenvalue weighted by molar-refractivity contribution is 5.92. The second-order valence-corrected chi connectivity index (χ2v) is 7.28. The minimum atomic E-state index is -0.118. The van der Waals surface area contributed by atoms with Crippen molar-refractivity contribution in [2.75, 3.05) is 7.05 Å². The molecule has 5 rings (SSSR count). The Morgan fingerprint density at radius 1 is 1.21 bits per heavy atom. The number of para-hydroxylation sites is 2. The second-order valence-electron chi connectivity index (χ2n) is 7.28. The van der Waals surface area contributed by atoms with Gasteiger partial charge in [0.1, 0.15) is 5.69 Å². The third-order valence-corrected chi connectivity index (χ3v) is 5.34. The lowest BCUT2D eigenvalue weighted by molar-refractivity contribution is 0.0777. The van der Waals surface area contributed by atoms with E-state index in [0.29, 0.717) is 18.8 Å². The van der Waals surface area contributed by atoms with E-state index in [4.69, 9.17) is 0 Å². The molecule has 8 nitrogen and oxygen atoms in total. The van der Waals surface area contributed by atoms with Crippen molar-refractivity contribution in [1.82, 2.24) is 34.8 Å². The third-order valence-electron chi connectivity index (χ3n) is 5.34. The molecule has 0 radical (unpaired) electrons. The molecule has 2 N–H and O–H groups in total. The summed E-state index contributed by atoms with van der Waals surface area (Å²) in [5.74, 6) is -0.118. The summed E-state index contributed by atoms with van der Waals surface area (Å²) in [5, 5.41) is 14.7. The Balaban J connectivity index is 1.30. The maximum Gasteiger partial charge on any atom is 0.274 e. The maximum atomic E-state index is 12.8. The van der Waals surface area contributed by atoms with Crippen LogP contribution in [0.4, 0.5) is 0 Å². The number of benzene rings is 1. The van der Waals surface area contributed by atoms with E-state index in [0.717, 1.165) is 41.7 Å². The molecular weight excluding hydrogens is 354 g/mol. The van der Waals surface area contributed by atoms with E-state index >= 15 is 0 Å². The van der Waals surface area contributed by atoms with Crippen LogP contribution >= 0.6 is 0 Å². The van der Waals surface area contributed by atoms with Gasteiger partial charge in [-0.05, 0) is 43.0 Å². The lowest BCUT2D eigenvalue weighted by Gasteiger charge is -2.14. The molecular formula is C20H21N7O. The molecule has 0 spiro atoms. The van der Waals surface area contributed by atoms with Crippen LogP contribution in [0.1, 0.15) is 39.6 Å². The van der Waals surface area contributed by atoms with E-state index < -0.39 is 0 Å². The zero-order valence-electron chi connectivity index (χ0n) is 15.6. The minimum absolute atomic E-state index is 0.118. The lowest BCUT2D eigenvalue weighted by Crippen LogP contribution is -2.27. The lowest BCUT2D eigenvalue weighted by atomic mass is 10.2. The second kappa shape index (κ2) is 6.63. The summed E-state index contributed by atoms with van der Waals surface area (Å²) in [4.78, 5) is 18.9. The fourth-order valence-corrected chi connectivity index (χ4v) is 3.88. The molecule has 1 aliphatic rings. The molecule has 0 aliphatic heterocycles. The number of rotatable bonds is 5. The van der Waals surface area contributed by atoms with Gasteiger partial charge in [-0.15, -0.1) is 0 Å². The Bertz CT molecular complexity index is 1150. The predicted octanol–water partition coefficient (Wildman–Crippen LogP) is 2.29. The quantitative estimate of drug-likeness (QED) is 0.559. The van der Waals surface area contributed by atoms with Crippen LogP contribution in [0.2, 0.25) is 0 Å². The van der Waals surface area contributed by atoms with E-state index in [1.54, 1.807) is 18.3 Å². The first-order chi connectivity index (χ1) is 13.7. The van der Waals surface area contributed by atoms with Gasteiger partial charge in [0.2, 0.25) is 0 Å². The maximum absolute atomic E-state index is 12.8. The third kappa shape index (κ3) is 2.87. The summed E-state index contributed by atoms with van der Waals surface area (Å²) >= 11 is 0. The van der Waals surface area contributed by atoms with Crippen LogP contribution in [0.5, 0.6) is 0 Å².